The molecule has 0 saturated heterocycles. The summed E-state index contributed by atoms with van der Waals surface area (Å²) >= 11 is 0. The Morgan fingerprint density at radius 2 is 1.85 bits per heavy atom. The van der Waals surface area contributed by atoms with Crippen LogP contribution in [-0.4, -0.2) is 21.3 Å². The maximum Gasteiger partial charge on any atom is 0.167 e. The van der Waals surface area contributed by atoms with Crippen LogP contribution < -0.4 is 20.1 Å². The van der Waals surface area contributed by atoms with E-state index in [0.29, 0.717) is 11.4 Å². The van der Waals surface area contributed by atoms with Crippen LogP contribution in [0.25, 0.3) is 0 Å². The van der Waals surface area contributed by atoms with Crippen molar-refractivity contribution in [3.8, 4) is 11.5 Å². The molecule has 106 valence electrons. The Balaban J connectivity index is 2.44. The molecule has 0 bridgehead atoms. The third kappa shape index (κ3) is 2.61. The van der Waals surface area contributed by atoms with E-state index in [9.17, 15) is 4.39 Å². The highest BCUT2D eigenvalue weighted by atomic mass is 19.1. The number of nitrogens with two attached hydrogens (primary N) is 1. The second-order valence-corrected chi connectivity index (χ2v) is 4.31. The molecule has 0 atom stereocenters. The molecule has 0 aliphatic heterocycles. The standard InChI is InChI=1S/C15H17FN2O2/c1-18(10-5-4-6-11(7-10)19-2)14-9-15(20-3)12(16)8-13(14)17/h4-9H,17H2,1-3H3. The summed E-state index contributed by atoms with van der Waals surface area (Å²) in [5.74, 6) is 0.415. The van der Waals surface area contributed by atoms with Gasteiger partial charge in [-0.25, -0.2) is 4.39 Å². The molecule has 20 heavy (non-hydrogen) atoms. The van der Waals surface area contributed by atoms with Gasteiger partial charge in [-0.05, 0) is 12.1 Å². The van der Waals surface area contributed by atoms with Gasteiger partial charge in [0.15, 0.2) is 11.6 Å². The molecule has 4 nitrogen and oxygen atoms in total. The van der Waals surface area contributed by atoms with Gasteiger partial charge in [0.1, 0.15) is 5.75 Å². The molecule has 0 aromatic heterocycles. The Morgan fingerprint density at radius 1 is 1.10 bits per heavy atom. The third-order valence-corrected chi connectivity index (χ3v) is 3.10. The molecule has 2 aromatic rings. The van der Waals surface area contributed by atoms with Crippen LogP contribution >= 0.6 is 0 Å². The molecule has 0 radical (unpaired) electrons. The first-order valence-electron chi connectivity index (χ1n) is 6.07. The summed E-state index contributed by atoms with van der Waals surface area (Å²) in [6.45, 7) is 0. The van der Waals surface area contributed by atoms with E-state index in [0.717, 1.165) is 11.4 Å². The zero-order valence-electron chi connectivity index (χ0n) is 11.7. The van der Waals surface area contributed by atoms with Crippen molar-refractivity contribution in [2.75, 3.05) is 31.9 Å². The van der Waals surface area contributed by atoms with E-state index in [1.165, 1.54) is 13.2 Å². The average Bonchev–Trinajstić information content (AvgIpc) is 2.47. The fourth-order valence-electron chi connectivity index (χ4n) is 1.96. The summed E-state index contributed by atoms with van der Waals surface area (Å²) in [5, 5.41) is 0. The van der Waals surface area contributed by atoms with Crippen LogP contribution in [-0.2, 0) is 0 Å². The lowest BCUT2D eigenvalue weighted by Crippen LogP contribution is -2.12. The number of methoxy groups -OCH3 is 2. The molecular formula is C15H17FN2O2. The number of anilines is 3. The van der Waals surface area contributed by atoms with E-state index in [-0.39, 0.29) is 5.75 Å². The highest BCUT2D eigenvalue weighted by Gasteiger charge is 2.13. The van der Waals surface area contributed by atoms with E-state index >= 15 is 0 Å². The molecule has 2 aromatic carbocycles. The van der Waals surface area contributed by atoms with E-state index in [2.05, 4.69) is 0 Å². The van der Waals surface area contributed by atoms with Gasteiger partial charge in [-0.1, -0.05) is 6.07 Å². The quantitative estimate of drug-likeness (QED) is 0.871. The number of halogens is 1. The van der Waals surface area contributed by atoms with E-state index in [4.69, 9.17) is 15.2 Å². The van der Waals surface area contributed by atoms with E-state index < -0.39 is 5.82 Å². The first kappa shape index (κ1) is 14.0. The molecule has 0 aliphatic carbocycles. The van der Waals surface area contributed by atoms with Gasteiger partial charge in [0.25, 0.3) is 0 Å². The second kappa shape index (κ2) is 5.69. The summed E-state index contributed by atoms with van der Waals surface area (Å²) in [6.07, 6.45) is 0. The maximum atomic E-state index is 13.6. The van der Waals surface area contributed by atoms with Crippen molar-refractivity contribution < 1.29 is 13.9 Å². The van der Waals surface area contributed by atoms with Crippen molar-refractivity contribution in [1.29, 1.82) is 0 Å². The zero-order valence-corrected chi connectivity index (χ0v) is 11.7. The zero-order chi connectivity index (χ0) is 14.7. The second-order valence-electron chi connectivity index (χ2n) is 4.31. The van der Waals surface area contributed by atoms with Gasteiger partial charge >= 0.3 is 0 Å². The summed E-state index contributed by atoms with van der Waals surface area (Å²) in [4.78, 5) is 1.85. The lowest BCUT2D eigenvalue weighted by molar-refractivity contribution is 0.387. The van der Waals surface area contributed by atoms with Gasteiger partial charge in [-0.15, -0.1) is 0 Å². The van der Waals surface area contributed by atoms with Crippen LogP contribution in [0.15, 0.2) is 36.4 Å². The Bertz CT molecular complexity index is 617. The van der Waals surface area contributed by atoms with Crippen LogP contribution in [0.1, 0.15) is 0 Å². The van der Waals surface area contributed by atoms with Gasteiger partial charge < -0.3 is 20.1 Å². The Kier molecular flexibility index (Phi) is 3.98. The van der Waals surface area contributed by atoms with Crippen LogP contribution in [0, 0.1) is 5.82 Å². The summed E-state index contributed by atoms with van der Waals surface area (Å²) in [7, 11) is 4.87. The average molecular weight is 276 g/mol. The minimum absolute atomic E-state index is 0.156. The molecule has 5 heteroatoms. The number of hydrogen-bond donors (Lipinski definition) is 1. The molecular weight excluding hydrogens is 259 g/mol. The number of benzene rings is 2. The van der Waals surface area contributed by atoms with Gasteiger partial charge in [0.05, 0.1) is 25.6 Å². The van der Waals surface area contributed by atoms with Crippen LogP contribution in [0.2, 0.25) is 0 Å². The smallest absolute Gasteiger partial charge is 0.167 e. The fraction of sp³-hybridized carbons (Fsp3) is 0.200. The molecule has 0 saturated carbocycles. The van der Waals surface area contributed by atoms with E-state index in [1.807, 2.05) is 36.2 Å². The van der Waals surface area contributed by atoms with Gasteiger partial charge in [0, 0.05) is 30.9 Å². The largest absolute Gasteiger partial charge is 0.497 e. The number of rotatable bonds is 4. The molecule has 2 rings (SSSR count). The molecule has 0 heterocycles. The SMILES string of the molecule is COc1cccc(N(C)c2cc(OC)c(F)cc2N)c1. The summed E-state index contributed by atoms with van der Waals surface area (Å²) in [6, 6.07) is 10.3. The minimum atomic E-state index is -0.479. The monoisotopic (exact) mass is 276 g/mol. The Morgan fingerprint density at radius 3 is 2.50 bits per heavy atom. The lowest BCUT2D eigenvalue weighted by atomic mass is 10.2. The van der Waals surface area contributed by atoms with Crippen molar-refractivity contribution >= 4 is 17.1 Å². The summed E-state index contributed by atoms with van der Waals surface area (Å²) in [5.41, 5.74) is 7.77. The van der Waals surface area contributed by atoms with Crippen molar-refractivity contribution in [3.63, 3.8) is 0 Å². The molecule has 2 N–H and O–H groups in total. The van der Waals surface area contributed by atoms with Crippen molar-refractivity contribution in [3.05, 3.63) is 42.2 Å². The Labute approximate surface area is 117 Å². The highest BCUT2D eigenvalue weighted by Crippen LogP contribution is 2.35. The first-order chi connectivity index (χ1) is 9.56. The third-order valence-electron chi connectivity index (χ3n) is 3.10. The minimum Gasteiger partial charge on any atom is -0.497 e. The molecule has 0 spiro atoms. The molecule has 0 fully saturated rings. The first-order valence-corrected chi connectivity index (χ1v) is 6.07. The fourth-order valence-corrected chi connectivity index (χ4v) is 1.96. The topological polar surface area (TPSA) is 47.7 Å². The van der Waals surface area contributed by atoms with Gasteiger partial charge in [0.2, 0.25) is 0 Å². The predicted molar refractivity (Wildman–Crippen MR) is 78.4 cm³/mol. The van der Waals surface area contributed by atoms with Gasteiger partial charge in [-0.2, -0.15) is 0 Å². The molecule has 0 aliphatic rings. The van der Waals surface area contributed by atoms with Crippen molar-refractivity contribution in [2.45, 2.75) is 0 Å². The Hall–Kier alpha value is -2.43. The lowest BCUT2D eigenvalue weighted by Gasteiger charge is -2.22. The van der Waals surface area contributed by atoms with Gasteiger partial charge in [-0.3, -0.25) is 0 Å². The van der Waals surface area contributed by atoms with E-state index in [1.54, 1.807) is 13.2 Å². The van der Waals surface area contributed by atoms with Crippen molar-refractivity contribution in [1.82, 2.24) is 0 Å². The predicted octanol–water partition coefficient (Wildman–Crippen LogP) is 3.19. The number of hydrogen-bond acceptors (Lipinski definition) is 4. The van der Waals surface area contributed by atoms with Crippen LogP contribution in [0.3, 0.4) is 0 Å². The molecule has 0 amide bonds. The number of nitrogens with zero attached hydrogens (tertiary/aromatic N) is 1. The number of ether oxygens (including phenoxy) is 2. The van der Waals surface area contributed by atoms with Crippen molar-refractivity contribution in [2.24, 2.45) is 0 Å². The maximum absolute atomic E-state index is 13.6. The normalized spacial score (nSPS) is 10.2. The summed E-state index contributed by atoms with van der Waals surface area (Å²) < 4.78 is 23.8. The van der Waals surface area contributed by atoms with Crippen LogP contribution in [0.4, 0.5) is 21.5 Å². The number of nitrogen functional groups attached to an aromatic ring is 1. The molecule has 0 unspecified atom stereocenters. The highest BCUT2D eigenvalue weighted by molar-refractivity contribution is 5.76. The van der Waals surface area contributed by atoms with Crippen LogP contribution in [0.5, 0.6) is 11.5 Å².